The maximum atomic E-state index is 12.3. The number of amides is 2. The van der Waals surface area contributed by atoms with Crippen molar-refractivity contribution in [3.63, 3.8) is 0 Å². The van der Waals surface area contributed by atoms with Crippen LogP contribution in [0.3, 0.4) is 0 Å². The lowest BCUT2D eigenvalue weighted by atomic mass is 10.1. The van der Waals surface area contributed by atoms with Crippen LogP contribution in [0.5, 0.6) is 17.2 Å². The van der Waals surface area contributed by atoms with Crippen molar-refractivity contribution in [1.82, 2.24) is 10.7 Å². The van der Waals surface area contributed by atoms with Gasteiger partial charge in [-0.3, -0.25) is 19.7 Å². The summed E-state index contributed by atoms with van der Waals surface area (Å²) in [5.74, 6) is -0.252. The van der Waals surface area contributed by atoms with Crippen LogP contribution in [-0.4, -0.2) is 50.8 Å². The van der Waals surface area contributed by atoms with Gasteiger partial charge in [0.2, 0.25) is 5.75 Å². The topological polar surface area (TPSA) is 141 Å². The number of para-hydroxylation sites is 1. The van der Waals surface area contributed by atoms with Gasteiger partial charge in [-0.2, -0.15) is 5.10 Å². The number of methoxy groups -OCH3 is 3. The molecule has 2 amide bonds. The molecule has 2 aromatic carbocycles. The van der Waals surface area contributed by atoms with E-state index in [4.69, 9.17) is 14.2 Å². The zero-order valence-electron chi connectivity index (χ0n) is 16.5. The number of carbonyl (C=O) groups is 2. The van der Waals surface area contributed by atoms with Crippen molar-refractivity contribution in [2.75, 3.05) is 27.9 Å². The highest BCUT2D eigenvalue weighted by atomic mass is 16.6. The minimum Gasteiger partial charge on any atom is -0.493 e. The molecule has 0 heterocycles. The maximum Gasteiger partial charge on any atom is 0.278 e. The van der Waals surface area contributed by atoms with Crippen LogP contribution in [0.1, 0.15) is 15.9 Å². The first kappa shape index (κ1) is 22.1. The maximum absolute atomic E-state index is 12.3. The largest absolute Gasteiger partial charge is 0.493 e. The van der Waals surface area contributed by atoms with Crippen LogP contribution in [0.25, 0.3) is 0 Å². The van der Waals surface area contributed by atoms with Gasteiger partial charge in [0.25, 0.3) is 17.5 Å². The van der Waals surface area contributed by atoms with Crippen LogP contribution in [0.4, 0.5) is 5.69 Å². The van der Waals surface area contributed by atoms with Crippen LogP contribution in [-0.2, 0) is 4.79 Å². The molecule has 158 valence electrons. The van der Waals surface area contributed by atoms with Gasteiger partial charge >= 0.3 is 0 Å². The Hall–Kier alpha value is -4.15. The van der Waals surface area contributed by atoms with E-state index in [-0.39, 0.29) is 23.4 Å². The van der Waals surface area contributed by atoms with Gasteiger partial charge in [0.05, 0.1) is 44.6 Å². The van der Waals surface area contributed by atoms with Gasteiger partial charge in [0.15, 0.2) is 11.5 Å². The highest BCUT2D eigenvalue weighted by Crippen LogP contribution is 2.38. The Labute approximate surface area is 171 Å². The molecule has 0 atom stereocenters. The van der Waals surface area contributed by atoms with Gasteiger partial charge in [0.1, 0.15) is 0 Å². The van der Waals surface area contributed by atoms with Crippen LogP contribution in [0, 0.1) is 10.1 Å². The minimum atomic E-state index is -0.620. The van der Waals surface area contributed by atoms with Crippen molar-refractivity contribution < 1.29 is 28.7 Å². The van der Waals surface area contributed by atoms with Crippen LogP contribution >= 0.6 is 0 Å². The van der Waals surface area contributed by atoms with Crippen molar-refractivity contribution in [2.24, 2.45) is 5.10 Å². The fourth-order valence-electron chi connectivity index (χ4n) is 2.45. The molecule has 2 aromatic rings. The van der Waals surface area contributed by atoms with Gasteiger partial charge < -0.3 is 19.5 Å². The number of nitro benzene ring substituents is 1. The first-order valence-corrected chi connectivity index (χ1v) is 8.54. The summed E-state index contributed by atoms with van der Waals surface area (Å²) in [6.45, 7) is -0.371. The summed E-state index contributed by atoms with van der Waals surface area (Å²) in [4.78, 5) is 34.6. The number of hydrazone groups is 1. The number of ether oxygens (including phenoxy) is 3. The Kier molecular flexibility index (Phi) is 7.68. The summed E-state index contributed by atoms with van der Waals surface area (Å²) in [6.07, 6.45) is 1.15. The van der Waals surface area contributed by atoms with Gasteiger partial charge in [-0.25, -0.2) is 5.43 Å². The molecule has 30 heavy (non-hydrogen) atoms. The number of nitrogens with one attached hydrogen (secondary N) is 2. The average molecular weight is 416 g/mol. The van der Waals surface area contributed by atoms with Crippen molar-refractivity contribution in [1.29, 1.82) is 0 Å². The van der Waals surface area contributed by atoms with E-state index in [1.165, 1.54) is 51.7 Å². The molecule has 0 bridgehead atoms. The Balaban J connectivity index is 1.98. The molecule has 0 fully saturated rings. The van der Waals surface area contributed by atoms with Crippen molar-refractivity contribution >= 4 is 23.7 Å². The number of hydrogen-bond acceptors (Lipinski definition) is 8. The first-order chi connectivity index (χ1) is 14.4. The van der Waals surface area contributed by atoms with Crippen LogP contribution in [0.15, 0.2) is 41.5 Å². The zero-order valence-corrected chi connectivity index (χ0v) is 16.5. The van der Waals surface area contributed by atoms with Crippen molar-refractivity contribution in [3.8, 4) is 17.2 Å². The number of benzene rings is 2. The van der Waals surface area contributed by atoms with E-state index in [1.54, 1.807) is 6.07 Å². The highest BCUT2D eigenvalue weighted by Gasteiger charge is 2.17. The number of rotatable bonds is 9. The molecule has 2 N–H and O–H groups in total. The molecule has 0 radical (unpaired) electrons. The Morgan fingerprint density at radius 3 is 2.30 bits per heavy atom. The molecular formula is C19H20N4O7. The fourth-order valence-corrected chi connectivity index (χ4v) is 2.45. The van der Waals surface area contributed by atoms with Crippen molar-refractivity contribution in [3.05, 3.63) is 57.6 Å². The molecular weight excluding hydrogens is 396 g/mol. The quantitative estimate of drug-likeness (QED) is 0.358. The molecule has 0 saturated carbocycles. The van der Waals surface area contributed by atoms with E-state index >= 15 is 0 Å². The summed E-state index contributed by atoms with van der Waals surface area (Å²) in [7, 11) is 4.28. The molecule has 0 aliphatic carbocycles. The molecule has 0 aliphatic rings. The monoisotopic (exact) mass is 416 g/mol. The summed E-state index contributed by atoms with van der Waals surface area (Å²) in [5.41, 5.74) is 2.47. The molecule has 0 saturated heterocycles. The van der Waals surface area contributed by atoms with E-state index in [0.717, 1.165) is 6.21 Å². The fraction of sp³-hybridized carbons (Fsp3) is 0.211. The normalized spacial score (nSPS) is 10.4. The molecule has 2 rings (SSSR count). The molecule has 0 aliphatic heterocycles. The van der Waals surface area contributed by atoms with E-state index in [0.29, 0.717) is 17.2 Å². The predicted molar refractivity (Wildman–Crippen MR) is 107 cm³/mol. The summed E-state index contributed by atoms with van der Waals surface area (Å²) in [5, 5.41) is 17.1. The summed E-state index contributed by atoms with van der Waals surface area (Å²) < 4.78 is 15.6. The second-order valence-electron chi connectivity index (χ2n) is 5.71. The van der Waals surface area contributed by atoms with Crippen LogP contribution < -0.4 is 25.0 Å². The molecule has 0 unspecified atom stereocenters. The lowest BCUT2D eigenvalue weighted by Gasteiger charge is -2.14. The van der Waals surface area contributed by atoms with E-state index in [9.17, 15) is 19.7 Å². The Morgan fingerprint density at radius 1 is 1.10 bits per heavy atom. The number of nitrogens with zero attached hydrogens (tertiary/aromatic N) is 2. The average Bonchev–Trinajstić information content (AvgIpc) is 2.76. The lowest BCUT2D eigenvalue weighted by Crippen LogP contribution is -2.35. The van der Waals surface area contributed by atoms with Gasteiger partial charge in [-0.05, 0) is 18.2 Å². The second kappa shape index (κ2) is 10.4. The number of hydrogen-bond donors (Lipinski definition) is 2. The Morgan fingerprint density at radius 2 is 1.73 bits per heavy atom. The molecule has 0 spiro atoms. The lowest BCUT2D eigenvalue weighted by molar-refractivity contribution is -0.385. The summed E-state index contributed by atoms with van der Waals surface area (Å²) in [6, 6.07) is 8.82. The zero-order chi connectivity index (χ0) is 22.1. The first-order valence-electron chi connectivity index (χ1n) is 8.54. The smallest absolute Gasteiger partial charge is 0.278 e. The third kappa shape index (κ3) is 5.44. The predicted octanol–water partition coefficient (Wildman–Crippen LogP) is 1.50. The standard InChI is InChI=1S/C19H20N4O7/c1-28-15-8-13(9-16(29-2)18(15)30-3)19(25)20-11-17(24)22-21-10-12-6-4-5-7-14(12)23(26)27/h4-10H,11H2,1-3H3,(H,20,25)(H,22,24). The van der Waals surface area contributed by atoms with E-state index in [2.05, 4.69) is 15.8 Å². The molecule has 0 aromatic heterocycles. The highest BCUT2D eigenvalue weighted by molar-refractivity contribution is 5.97. The minimum absolute atomic E-state index is 0.147. The van der Waals surface area contributed by atoms with E-state index in [1.807, 2.05) is 0 Å². The van der Waals surface area contributed by atoms with Gasteiger partial charge in [0, 0.05) is 11.6 Å². The van der Waals surface area contributed by atoms with Crippen molar-refractivity contribution in [2.45, 2.75) is 0 Å². The third-order valence-electron chi connectivity index (χ3n) is 3.86. The Bertz CT molecular complexity index is 950. The molecule has 11 nitrogen and oxygen atoms in total. The van der Waals surface area contributed by atoms with Crippen LogP contribution in [0.2, 0.25) is 0 Å². The number of carbonyl (C=O) groups excluding carboxylic acids is 2. The van der Waals surface area contributed by atoms with Gasteiger partial charge in [-0.15, -0.1) is 0 Å². The summed E-state index contributed by atoms with van der Waals surface area (Å²) >= 11 is 0. The van der Waals surface area contributed by atoms with E-state index < -0.39 is 16.7 Å². The number of nitro groups is 1. The molecule has 11 heteroatoms. The third-order valence-corrected chi connectivity index (χ3v) is 3.86. The SMILES string of the molecule is COc1cc(C(=O)NCC(=O)NN=Cc2ccccc2[N+](=O)[O-])cc(OC)c1OC. The second-order valence-corrected chi connectivity index (χ2v) is 5.71. The van der Waals surface area contributed by atoms with Gasteiger partial charge in [-0.1, -0.05) is 12.1 Å².